The lowest BCUT2D eigenvalue weighted by Crippen LogP contribution is -2.10. The smallest absolute Gasteiger partial charge is 0.142 e. The average molecular weight is 163 g/mol. The third-order valence-electron chi connectivity index (χ3n) is 2.03. The first-order valence-corrected chi connectivity index (χ1v) is 4.42. The molecule has 2 rings (SSSR count). The summed E-state index contributed by atoms with van der Waals surface area (Å²) in [5.41, 5.74) is 1.12. The molecular weight excluding hydrogens is 150 g/mol. The van der Waals surface area contributed by atoms with Gasteiger partial charge in [0, 0.05) is 6.54 Å². The Morgan fingerprint density at radius 2 is 2.08 bits per heavy atom. The Labute approximate surface area is 72.5 Å². The topological polar surface area (TPSA) is 21.3 Å². The van der Waals surface area contributed by atoms with Gasteiger partial charge in [0.15, 0.2) is 0 Å². The van der Waals surface area contributed by atoms with Crippen molar-refractivity contribution in [1.82, 2.24) is 0 Å². The Morgan fingerprint density at radius 1 is 1.17 bits per heavy atom. The van der Waals surface area contributed by atoms with Crippen molar-refractivity contribution in [3.05, 3.63) is 24.3 Å². The summed E-state index contributed by atoms with van der Waals surface area (Å²) < 4.78 is 5.57. The number of rotatable bonds is 0. The third kappa shape index (κ3) is 1.52. The van der Waals surface area contributed by atoms with E-state index >= 15 is 0 Å². The molecule has 0 amide bonds. The molecule has 1 N–H and O–H groups in total. The minimum atomic E-state index is 0.846. The van der Waals surface area contributed by atoms with Gasteiger partial charge in [-0.3, -0.25) is 0 Å². The fourth-order valence-electron chi connectivity index (χ4n) is 1.37. The van der Waals surface area contributed by atoms with E-state index in [-0.39, 0.29) is 0 Å². The number of benzene rings is 1. The van der Waals surface area contributed by atoms with Gasteiger partial charge < -0.3 is 10.1 Å². The Hall–Kier alpha value is -1.18. The predicted molar refractivity (Wildman–Crippen MR) is 49.7 cm³/mol. The van der Waals surface area contributed by atoms with Gasteiger partial charge in [0.05, 0.1) is 12.3 Å². The molecule has 0 aliphatic carbocycles. The normalized spacial score (nSPS) is 16.3. The maximum atomic E-state index is 5.57. The molecule has 0 saturated carbocycles. The van der Waals surface area contributed by atoms with Crippen LogP contribution in [-0.4, -0.2) is 13.2 Å². The summed E-state index contributed by atoms with van der Waals surface area (Å²) in [6.45, 7) is 1.90. The number of anilines is 1. The van der Waals surface area contributed by atoms with Crippen molar-refractivity contribution in [2.45, 2.75) is 12.8 Å². The van der Waals surface area contributed by atoms with Gasteiger partial charge in [-0.25, -0.2) is 0 Å². The monoisotopic (exact) mass is 163 g/mol. The molecule has 0 saturated heterocycles. The second kappa shape index (κ2) is 3.48. The highest BCUT2D eigenvalue weighted by Crippen LogP contribution is 2.24. The maximum absolute atomic E-state index is 5.57. The number of hydrogen-bond acceptors (Lipinski definition) is 2. The molecule has 2 nitrogen and oxygen atoms in total. The zero-order valence-corrected chi connectivity index (χ0v) is 7.05. The Bertz CT molecular complexity index is 233. The van der Waals surface area contributed by atoms with Gasteiger partial charge in [-0.05, 0) is 25.0 Å². The zero-order valence-electron chi connectivity index (χ0n) is 7.05. The van der Waals surface area contributed by atoms with Gasteiger partial charge >= 0.3 is 0 Å². The number of nitrogens with one attached hydrogen (secondary N) is 1. The van der Waals surface area contributed by atoms with Crippen molar-refractivity contribution in [3.8, 4) is 5.75 Å². The third-order valence-corrected chi connectivity index (χ3v) is 2.03. The van der Waals surface area contributed by atoms with Crippen LogP contribution in [0.5, 0.6) is 5.75 Å². The molecule has 0 unspecified atom stereocenters. The number of para-hydroxylation sites is 2. The van der Waals surface area contributed by atoms with E-state index < -0.39 is 0 Å². The molecule has 1 aromatic carbocycles. The molecule has 0 spiro atoms. The highest BCUT2D eigenvalue weighted by molar-refractivity contribution is 5.56. The summed E-state index contributed by atoms with van der Waals surface area (Å²) in [5.74, 6) is 0.984. The average Bonchev–Trinajstić information content (AvgIpc) is 2.06. The fraction of sp³-hybridized carbons (Fsp3) is 0.400. The van der Waals surface area contributed by atoms with Crippen LogP contribution in [0.1, 0.15) is 12.8 Å². The summed E-state index contributed by atoms with van der Waals surface area (Å²) in [7, 11) is 0. The minimum absolute atomic E-state index is 0.846. The van der Waals surface area contributed by atoms with Crippen molar-refractivity contribution >= 4 is 5.69 Å². The van der Waals surface area contributed by atoms with E-state index in [0.29, 0.717) is 0 Å². The van der Waals surface area contributed by atoms with Crippen LogP contribution in [-0.2, 0) is 0 Å². The Kier molecular flexibility index (Phi) is 2.16. The van der Waals surface area contributed by atoms with E-state index in [1.165, 1.54) is 6.42 Å². The van der Waals surface area contributed by atoms with Crippen molar-refractivity contribution in [3.63, 3.8) is 0 Å². The van der Waals surface area contributed by atoms with E-state index in [4.69, 9.17) is 4.74 Å². The van der Waals surface area contributed by atoms with Crippen LogP contribution in [0.2, 0.25) is 0 Å². The first-order chi connectivity index (χ1) is 5.97. The molecule has 0 atom stereocenters. The van der Waals surface area contributed by atoms with Crippen molar-refractivity contribution < 1.29 is 4.74 Å². The summed E-state index contributed by atoms with van der Waals surface area (Å²) in [4.78, 5) is 0. The molecule has 12 heavy (non-hydrogen) atoms. The van der Waals surface area contributed by atoms with E-state index in [0.717, 1.165) is 31.0 Å². The van der Waals surface area contributed by atoms with E-state index in [1.54, 1.807) is 0 Å². The van der Waals surface area contributed by atoms with Crippen LogP contribution in [0.15, 0.2) is 24.3 Å². The Balaban J connectivity index is 2.24. The predicted octanol–water partition coefficient (Wildman–Crippen LogP) is 2.27. The Morgan fingerprint density at radius 3 is 3.08 bits per heavy atom. The van der Waals surface area contributed by atoms with Crippen LogP contribution in [0.25, 0.3) is 0 Å². The summed E-state index contributed by atoms with van der Waals surface area (Å²) in [6, 6.07) is 8.09. The lowest BCUT2D eigenvalue weighted by Gasteiger charge is -2.16. The maximum Gasteiger partial charge on any atom is 0.142 e. The second-order valence-electron chi connectivity index (χ2n) is 2.98. The first kappa shape index (κ1) is 7.47. The SMILES string of the molecule is c1ccc2c(c1)NCCCCO2. The highest BCUT2D eigenvalue weighted by atomic mass is 16.5. The molecule has 1 aliphatic rings. The quantitative estimate of drug-likeness (QED) is 0.633. The lowest BCUT2D eigenvalue weighted by atomic mass is 10.2. The van der Waals surface area contributed by atoms with E-state index in [1.807, 2.05) is 18.2 Å². The van der Waals surface area contributed by atoms with Crippen molar-refractivity contribution in [1.29, 1.82) is 0 Å². The molecule has 1 heterocycles. The van der Waals surface area contributed by atoms with Crippen LogP contribution >= 0.6 is 0 Å². The molecule has 1 aliphatic heterocycles. The van der Waals surface area contributed by atoms with Crippen molar-refractivity contribution in [2.24, 2.45) is 0 Å². The molecule has 0 fully saturated rings. The first-order valence-electron chi connectivity index (χ1n) is 4.42. The molecule has 64 valence electrons. The second-order valence-corrected chi connectivity index (χ2v) is 2.98. The zero-order chi connectivity index (χ0) is 8.23. The molecule has 1 aromatic rings. The van der Waals surface area contributed by atoms with Crippen LogP contribution in [0, 0.1) is 0 Å². The largest absolute Gasteiger partial charge is 0.491 e. The summed E-state index contributed by atoms with van der Waals surface area (Å²) in [5, 5.41) is 3.34. The van der Waals surface area contributed by atoms with Gasteiger partial charge in [0.25, 0.3) is 0 Å². The molecular formula is C10H13NO. The lowest BCUT2D eigenvalue weighted by molar-refractivity contribution is 0.306. The highest BCUT2D eigenvalue weighted by Gasteiger charge is 2.04. The molecule has 0 radical (unpaired) electrons. The van der Waals surface area contributed by atoms with Crippen LogP contribution < -0.4 is 10.1 Å². The van der Waals surface area contributed by atoms with Crippen LogP contribution in [0.3, 0.4) is 0 Å². The fourth-order valence-corrected chi connectivity index (χ4v) is 1.37. The standard InChI is InChI=1S/C10H13NO/c1-2-6-10-9(5-1)11-7-3-4-8-12-10/h1-2,5-6,11H,3-4,7-8H2. The van der Waals surface area contributed by atoms with Gasteiger partial charge in [0.2, 0.25) is 0 Å². The molecule has 0 bridgehead atoms. The molecule has 0 aromatic heterocycles. The van der Waals surface area contributed by atoms with E-state index in [9.17, 15) is 0 Å². The number of fused-ring (bicyclic) bond motifs is 1. The van der Waals surface area contributed by atoms with Crippen LogP contribution in [0.4, 0.5) is 5.69 Å². The number of hydrogen-bond donors (Lipinski definition) is 1. The van der Waals surface area contributed by atoms with Gasteiger partial charge in [0.1, 0.15) is 5.75 Å². The summed E-state index contributed by atoms with van der Waals surface area (Å²) >= 11 is 0. The number of ether oxygens (including phenoxy) is 1. The molecule has 2 heteroatoms. The minimum Gasteiger partial charge on any atom is -0.491 e. The van der Waals surface area contributed by atoms with E-state index in [2.05, 4.69) is 11.4 Å². The van der Waals surface area contributed by atoms with Crippen molar-refractivity contribution in [2.75, 3.05) is 18.5 Å². The van der Waals surface area contributed by atoms with Gasteiger partial charge in [-0.1, -0.05) is 12.1 Å². The van der Waals surface area contributed by atoms with Gasteiger partial charge in [-0.15, -0.1) is 0 Å². The van der Waals surface area contributed by atoms with Gasteiger partial charge in [-0.2, -0.15) is 0 Å². The summed E-state index contributed by atoms with van der Waals surface area (Å²) in [6.07, 6.45) is 2.33.